The number of fused-ring (bicyclic) bond motifs is 5. The summed E-state index contributed by atoms with van der Waals surface area (Å²) < 4.78 is 16.8. The van der Waals surface area contributed by atoms with Crippen LogP contribution in [0.4, 0.5) is 0 Å². The summed E-state index contributed by atoms with van der Waals surface area (Å²) in [7, 11) is 0. The molecule has 26 rings (SSSR count). The van der Waals surface area contributed by atoms with Gasteiger partial charge in [-0.2, -0.15) is 36.8 Å². The van der Waals surface area contributed by atoms with Crippen molar-refractivity contribution < 1.29 is 8.94 Å². The molecule has 0 amide bonds. The topological polar surface area (TPSA) is 430 Å². The van der Waals surface area contributed by atoms with E-state index in [1.165, 1.54) is 92.3 Å². The second-order valence-electron chi connectivity index (χ2n) is 22.6. The predicted octanol–water partition coefficient (Wildman–Crippen LogP) is 22.2. The van der Waals surface area contributed by atoms with Crippen LogP contribution in [-0.4, -0.2) is 150 Å². The minimum absolute atomic E-state index is 0.949. The number of oxazole rings is 1. The van der Waals surface area contributed by atoms with Crippen LogP contribution in [0.5, 0.6) is 0 Å². The maximum atomic E-state index is 4.47. The quantitative estimate of drug-likeness (QED) is 0.0821. The van der Waals surface area contributed by atoms with Crippen LogP contribution in [0.3, 0.4) is 0 Å². The van der Waals surface area contributed by atoms with E-state index in [2.05, 4.69) is 236 Å². The van der Waals surface area contributed by atoms with Gasteiger partial charge >= 0.3 is 0 Å². The number of aromatic amines is 6. The number of thiophene rings is 4. The van der Waals surface area contributed by atoms with Crippen molar-refractivity contribution in [2.75, 3.05) is 0 Å². The fraction of sp³-hybridized carbons (Fsp3) is 0. The Morgan fingerprint density at radius 2 is 0.818 bits per heavy atom. The third-order valence-electron chi connectivity index (χ3n) is 13.5. The molecule has 6 N–H and O–H groups in total. The van der Waals surface area contributed by atoms with Gasteiger partial charge in [0.2, 0.25) is 0 Å². The van der Waals surface area contributed by atoms with Gasteiger partial charge in [-0.25, -0.2) is 54.2 Å². The van der Waals surface area contributed by atoms with E-state index in [0.717, 1.165) is 22.1 Å². The van der Waals surface area contributed by atoms with Crippen molar-refractivity contribution >= 4 is 121 Å². The van der Waals surface area contributed by atoms with E-state index in [1.54, 1.807) is 266 Å². The zero-order chi connectivity index (χ0) is 92.0. The molecular weight excluding hydrogens is 1770 g/mol. The van der Waals surface area contributed by atoms with Gasteiger partial charge < -0.3 is 28.9 Å². The molecule has 664 valence electrons. The molecule has 38 heteroatoms. The summed E-state index contributed by atoms with van der Waals surface area (Å²) in [4.78, 5) is 71.9. The molecule has 0 atom stereocenters. The second kappa shape index (κ2) is 79.6. The lowest BCUT2D eigenvalue weighted by Gasteiger charge is -1.90. The molecule has 22 heterocycles. The highest BCUT2D eigenvalue weighted by Crippen LogP contribution is 2.25. The van der Waals surface area contributed by atoms with Crippen molar-refractivity contribution in [1.82, 2.24) is 150 Å². The number of thiazole rings is 1. The van der Waals surface area contributed by atoms with Crippen LogP contribution in [-0.2, 0) is 0 Å². The maximum Gasteiger partial charge on any atom is 0.180 e. The molecule has 0 aliphatic rings. The molecule has 0 saturated carbocycles. The van der Waals surface area contributed by atoms with E-state index < -0.39 is 0 Å². The summed E-state index contributed by atoms with van der Waals surface area (Å²) in [6.07, 6.45) is 66.3. The fourth-order valence-corrected chi connectivity index (χ4v) is 11.8. The fourth-order valence-electron chi connectivity index (χ4n) is 8.02. The van der Waals surface area contributed by atoms with E-state index >= 15 is 0 Å². The van der Waals surface area contributed by atoms with Crippen LogP contribution in [0.2, 0.25) is 0 Å². The third-order valence-corrected chi connectivity index (χ3v) is 18.0. The SMILES string of the molecule is c1c[nH]cn1.c1cc2sccc2s1.c1cc[nH]c1.c1ccc2[nH]ccc2c1.c1ccc2[nH]cnc2c1.c1ccc2nccnc2c1.c1ccc2sccc2c1.c1ccncc1.c1ccnnc1.c1ccsc1.c1cn[nH]c1.c1cn[nH]c1.c1cnccn1.c1cncnc1.c1cncnc1.c1cncnc1.c1cnncn1.c1cnoc1.c1cnsc1.c1cocn1.c1cscn1. The van der Waals surface area contributed by atoms with E-state index in [9.17, 15) is 0 Å². The minimum atomic E-state index is 0.949. The van der Waals surface area contributed by atoms with Gasteiger partial charge in [-0.3, -0.25) is 40.1 Å². The normalized spacial score (nSPS) is 8.76. The summed E-state index contributed by atoms with van der Waals surface area (Å²) in [5.74, 6) is 0. The van der Waals surface area contributed by atoms with Crippen molar-refractivity contribution in [3.63, 3.8) is 0 Å². The van der Waals surface area contributed by atoms with E-state index in [4.69, 9.17) is 0 Å². The summed E-state index contributed by atoms with van der Waals surface area (Å²) in [5.41, 5.74) is 7.02. The van der Waals surface area contributed by atoms with Gasteiger partial charge in [0.05, 0.1) is 58.8 Å². The first-order valence-electron chi connectivity index (χ1n) is 38.8. The smallest absolute Gasteiger partial charge is 0.180 e. The van der Waals surface area contributed by atoms with E-state index in [1.807, 2.05) is 174 Å². The summed E-state index contributed by atoms with van der Waals surface area (Å²) in [6, 6.07) is 70.8. The zero-order valence-electron chi connectivity index (χ0n) is 70.5. The van der Waals surface area contributed by atoms with Gasteiger partial charge in [-0.15, -0.1) is 50.4 Å². The van der Waals surface area contributed by atoms with Crippen molar-refractivity contribution in [3.05, 3.63) is 511 Å². The molecule has 22 aromatic heterocycles. The lowest BCUT2D eigenvalue weighted by Crippen LogP contribution is -1.78. The number of aromatic nitrogens is 30. The summed E-state index contributed by atoms with van der Waals surface area (Å²) in [6.45, 7) is 0. The van der Waals surface area contributed by atoms with Gasteiger partial charge in [-0.1, -0.05) is 84.0 Å². The average Bonchev–Trinajstić information content (AvgIpc) is 1.79. The first kappa shape index (κ1) is 103. The van der Waals surface area contributed by atoms with Gasteiger partial charge in [0.25, 0.3) is 0 Å². The molecular formula is C94H90N30O2S6. The minimum Gasteiger partial charge on any atom is -0.452 e. The number of H-pyrrole nitrogens is 6. The molecule has 132 heavy (non-hydrogen) atoms. The third kappa shape index (κ3) is 58.8. The predicted molar refractivity (Wildman–Crippen MR) is 528 cm³/mol. The van der Waals surface area contributed by atoms with Crippen molar-refractivity contribution in [1.29, 1.82) is 0 Å². The lowest BCUT2D eigenvalue weighted by atomic mass is 10.3. The van der Waals surface area contributed by atoms with Crippen molar-refractivity contribution in [3.8, 4) is 0 Å². The van der Waals surface area contributed by atoms with Gasteiger partial charge in [0.1, 0.15) is 37.8 Å². The molecule has 0 aliphatic carbocycles. The van der Waals surface area contributed by atoms with Gasteiger partial charge in [0, 0.05) is 204 Å². The highest BCUT2D eigenvalue weighted by Gasteiger charge is 1.93. The van der Waals surface area contributed by atoms with Crippen molar-refractivity contribution in [2.24, 2.45) is 0 Å². The molecule has 0 saturated heterocycles. The second-order valence-corrected chi connectivity index (χ2v) is 27.7. The largest absolute Gasteiger partial charge is 0.452 e. The van der Waals surface area contributed by atoms with Gasteiger partial charge in [-0.05, 0) is 189 Å². The molecule has 26 aromatic rings. The molecule has 32 nitrogen and oxygen atoms in total. The molecule has 0 spiro atoms. The highest BCUT2D eigenvalue weighted by molar-refractivity contribution is 7.25. The van der Waals surface area contributed by atoms with Crippen LogP contribution in [0.1, 0.15) is 0 Å². The molecule has 0 radical (unpaired) electrons. The summed E-state index contributed by atoms with van der Waals surface area (Å²) >= 11 is 10.2. The Hall–Kier alpha value is -17.3. The Labute approximate surface area is 784 Å². The Morgan fingerprint density at radius 1 is 0.258 bits per heavy atom. The number of nitrogens with zero attached hydrogens (tertiary/aromatic N) is 24. The Balaban J connectivity index is 0.000000214. The highest BCUT2D eigenvalue weighted by atomic mass is 32.1. The van der Waals surface area contributed by atoms with Crippen molar-refractivity contribution in [2.45, 2.75) is 0 Å². The number of imidazole rings is 2. The number of rotatable bonds is 0. The number of nitrogens with one attached hydrogen (secondary N) is 6. The molecule has 0 bridgehead atoms. The lowest BCUT2D eigenvalue weighted by molar-refractivity contribution is 0.420. The monoisotopic (exact) mass is 1860 g/mol. The number of benzene rings is 4. The Morgan fingerprint density at radius 3 is 1.14 bits per heavy atom. The average molecular weight is 1860 g/mol. The zero-order valence-corrected chi connectivity index (χ0v) is 75.4. The summed E-state index contributed by atoms with van der Waals surface area (Å²) in [5, 5.41) is 46.7. The van der Waals surface area contributed by atoms with E-state index in [0.29, 0.717) is 0 Å². The van der Waals surface area contributed by atoms with Crippen LogP contribution in [0.25, 0.3) is 52.5 Å². The number of pyridine rings is 1. The van der Waals surface area contributed by atoms with Crippen LogP contribution in [0, 0.1) is 0 Å². The molecule has 0 fully saturated rings. The van der Waals surface area contributed by atoms with Crippen LogP contribution < -0.4 is 0 Å². The maximum absolute atomic E-state index is 4.47. The first-order chi connectivity index (χ1) is 65.8. The molecule has 0 aliphatic heterocycles. The molecule has 0 unspecified atom stereocenters. The number of hydrogen-bond donors (Lipinski definition) is 6. The first-order valence-corrected chi connectivity index (χ1v) is 44.2. The molecule has 4 aromatic carbocycles. The number of para-hydroxylation sites is 5. The Bertz CT molecular complexity index is 5000. The van der Waals surface area contributed by atoms with Crippen LogP contribution in [0.15, 0.2) is 519 Å². The van der Waals surface area contributed by atoms with E-state index in [-0.39, 0.29) is 0 Å². The standard InChI is InChI=1S/C8H6N2.C8H7N.C8H6S.C7H6N2.C6H4S2.C5H5N.5C4H4N2.C4H5N.C4H4S.C3H3N3.3C3H4N2.2C3H3NO.2C3H3NS/c1-2-4-8-7(3-1)9-5-6-10-8;2*1-2-4-8-7(3-1)5-6-9-8;1-2-4-7-6(3-1)8-5-9-7;1-3-7-6-2-4-8-5(1)6;1-2-4-6-5-3-1;1-2-6-4-3-5-1;3*1-2-5-4-6-3-1;1-2-4-6-5-3-1;2*1-2-4-5-3-1;1-2-5-6-3-4-1;1-2-5-3-4-1;2*1-2-4-5-3-1;1-2-5-3-4-1;1-2-4-5-3-1;1-2-5-3-4-1;1-2-4-5-3-1/h1-6H;1-6,9H;1-6H;1-5H,(H,8,9);1-4H;1-5H;5*1-4H;1-5H;1-4H;1-3H;3*1-3H,(H,4,5);4*1-3H. The Kier molecular flexibility index (Phi) is 62.4. The van der Waals surface area contributed by atoms with Gasteiger partial charge in [0.15, 0.2) is 6.39 Å². The number of hydrogen-bond acceptors (Lipinski definition) is 32. The van der Waals surface area contributed by atoms with Crippen LogP contribution >= 0.6 is 68.2 Å².